The number of carbonyl (C=O) groups is 2. The smallest absolute Gasteiger partial charge is 0.306 e. The van der Waals surface area contributed by atoms with E-state index in [-0.39, 0.29) is 11.9 Å². The average molecular weight is 413 g/mol. The Kier molecular flexibility index (Phi) is 19.5. The molecule has 0 aliphatic carbocycles. The van der Waals surface area contributed by atoms with E-state index in [1.165, 1.54) is 51.4 Å². The van der Waals surface area contributed by atoms with Gasteiger partial charge in [0.2, 0.25) is 0 Å². The third kappa shape index (κ3) is 18.7. The highest BCUT2D eigenvalue weighted by Gasteiger charge is 2.18. The van der Waals surface area contributed by atoms with Gasteiger partial charge in [0.1, 0.15) is 0 Å². The number of ether oxygens (including phenoxy) is 2. The second-order valence-corrected chi connectivity index (χ2v) is 8.72. The molecule has 0 spiro atoms. The van der Waals surface area contributed by atoms with Crippen molar-refractivity contribution in [3.05, 3.63) is 0 Å². The van der Waals surface area contributed by atoms with E-state index >= 15 is 0 Å². The van der Waals surface area contributed by atoms with Gasteiger partial charge in [0, 0.05) is 12.8 Å². The Morgan fingerprint density at radius 2 is 1.10 bits per heavy atom. The van der Waals surface area contributed by atoms with E-state index in [0.29, 0.717) is 37.9 Å². The molecule has 0 aliphatic rings. The quantitative estimate of drug-likeness (QED) is 0.156. The first-order valence-electron chi connectivity index (χ1n) is 12.3. The van der Waals surface area contributed by atoms with Crippen molar-refractivity contribution < 1.29 is 19.1 Å². The third-order valence-corrected chi connectivity index (χ3v) is 5.51. The summed E-state index contributed by atoms with van der Waals surface area (Å²) in [5, 5.41) is 0. The monoisotopic (exact) mass is 412 g/mol. The molecule has 1 atom stereocenters. The van der Waals surface area contributed by atoms with Crippen LogP contribution in [0.15, 0.2) is 0 Å². The van der Waals surface area contributed by atoms with Crippen LogP contribution in [-0.2, 0) is 19.1 Å². The summed E-state index contributed by atoms with van der Waals surface area (Å²) in [6.45, 7) is 9.58. The number of carbonyl (C=O) groups excluding carboxylic acids is 2. The van der Waals surface area contributed by atoms with E-state index in [1.54, 1.807) is 0 Å². The van der Waals surface area contributed by atoms with Gasteiger partial charge in [-0.25, -0.2) is 0 Å². The predicted molar refractivity (Wildman–Crippen MR) is 121 cm³/mol. The second-order valence-electron chi connectivity index (χ2n) is 8.72. The lowest BCUT2D eigenvalue weighted by atomic mass is 9.87. The number of rotatable bonds is 20. The van der Waals surface area contributed by atoms with Crippen LogP contribution in [0.1, 0.15) is 124 Å². The van der Waals surface area contributed by atoms with E-state index in [2.05, 4.69) is 13.8 Å². The molecule has 0 bridgehead atoms. The molecule has 0 rings (SSSR count). The van der Waals surface area contributed by atoms with Gasteiger partial charge >= 0.3 is 11.9 Å². The summed E-state index contributed by atoms with van der Waals surface area (Å²) in [5.74, 6) is 0.934. The van der Waals surface area contributed by atoms with Crippen LogP contribution >= 0.6 is 0 Å². The van der Waals surface area contributed by atoms with Crippen LogP contribution in [0.4, 0.5) is 0 Å². The van der Waals surface area contributed by atoms with Crippen molar-refractivity contribution in [3.63, 3.8) is 0 Å². The molecule has 0 aromatic heterocycles. The van der Waals surface area contributed by atoms with Crippen LogP contribution < -0.4 is 0 Å². The molecule has 0 heterocycles. The van der Waals surface area contributed by atoms with Gasteiger partial charge in [-0.1, -0.05) is 85.5 Å². The Bertz CT molecular complexity index is 392. The fourth-order valence-electron chi connectivity index (χ4n) is 3.54. The summed E-state index contributed by atoms with van der Waals surface area (Å²) in [5.41, 5.74) is 0. The number of unbranched alkanes of at least 4 members (excludes halogenated alkanes) is 9. The van der Waals surface area contributed by atoms with E-state index < -0.39 is 0 Å². The summed E-state index contributed by atoms with van der Waals surface area (Å²) in [7, 11) is 0. The molecule has 0 aromatic rings. The average Bonchev–Trinajstić information content (AvgIpc) is 2.70. The molecule has 0 aliphatic heterocycles. The normalized spacial score (nSPS) is 12.2. The van der Waals surface area contributed by atoms with Crippen LogP contribution in [0.5, 0.6) is 0 Å². The Hall–Kier alpha value is -1.06. The zero-order chi connectivity index (χ0) is 21.7. The summed E-state index contributed by atoms with van der Waals surface area (Å²) in [6.07, 6.45) is 16.4. The number of esters is 2. The van der Waals surface area contributed by atoms with Crippen LogP contribution in [0.3, 0.4) is 0 Å². The highest BCUT2D eigenvalue weighted by Crippen LogP contribution is 2.23. The summed E-state index contributed by atoms with van der Waals surface area (Å²) < 4.78 is 10.3. The van der Waals surface area contributed by atoms with Gasteiger partial charge in [-0.05, 0) is 37.5 Å². The summed E-state index contributed by atoms with van der Waals surface area (Å²) in [6, 6.07) is 0. The summed E-state index contributed by atoms with van der Waals surface area (Å²) in [4.78, 5) is 23.2. The molecule has 172 valence electrons. The first-order valence-corrected chi connectivity index (χ1v) is 12.3. The Morgan fingerprint density at radius 3 is 1.59 bits per heavy atom. The van der Waals surface area contributed by atoms with Gasteiger partial charge in [-0.2, -0.15) is 0 Å². The molecular weight excluding hydrogens is 364 g/mol. The topological polar surface area (TPSA) is 52.6 Å². The number of hydrogen-bond acceptors (Lipinski definition) is 4. The van der Waals surface area contributed by atoms with Gasteiger partial charge in [0.25, 0.3) is 0 Å². The minimum absolute atomic E-state index is 0.0246. The molecule has 4 heteroatoms. The Balaban J connectivity index is 3.50. The zero-order valence-corrected chi connectivity index (χ0v) is 19.8. The van der Waals surface area contributed by atoms with Gasteiger partial charge < -0.3 is 9.47 Å². The van der Waals surface area contributed by atoms with Crippen molar-refractivity contribution in [2.75, 3.05) is 13.2 Å². The Labute approximate surface area is 180 Å². The molecule has 1 unspecified atom stereocenters. The lowest BCUT2D eigenvalue weighted by molar-refractivity contribution is -0.145. The lowest BCUT2D eigenvalue weighted by Gasteiger charge is -2.20. The Morgan fingerprint density at radius 1 is 0.655 bits per heavy atom. The minimum Gasteiger partial charge on any atom is -0.466 e. The van der Waals surface area contributed by atoms with Gasteiger partial charge in [0.05, 0.1) is 13.2 Å². The van der Waals surface area contributed by atoms with Gasteiger partial charge in [-0.15, -0.1) is 0 Å². The fourth-order valence-corrected chi connectivity index (χ4v) is 3.54. The molecule has 0 N–H and O–H groups in total. The standard InChI is InChI=1S/C25H48O4/c1-5-19-28-24(26)18-16-14-12-10-8-7-9-11-13-15-17-23(22(3)4)21-25(27)29-20-6-2/h22-23H,5-21H2,1-4H3. The maximum absolute atomic E-state index is 11.8. The van der Waals surface area contributed by atoms with E-state index in [0.717, 1.165) is 32.1 Å². The third-order valence-electron chi connectivity index (χ3n) is 5.51. The minimum atomic E-state index is -0.0376. The molecular formula is C25H48O4. The van der Waals surface area contributed by atoms with E-state index in [4.69, 9.17) is 9.47 Å². The van der Waals surface area contributed by atoms with Crippen molar-refractivity contribution in [3.8, 4) is 0 Å². The summed E-state index contributed by atoms with van der Waals surface area (Å²) >= 11 is 0. The first-order chi connectivity index (χ1) is 14.0. The first kappa shape index (κ1) is 27.9. The lowest BCUT2D eigenvalue weighted by Crippen LogP contribution is -2.16. The van der Waals surface area contributed by atoms with Gasteiger partial charge in [0.15, 0.2) is 0 Å². The van der Waals surface area contributed by atoms with Crippen LogP contribution in [-0.4, -0.2) is 25.2 Å². The molecule has 0 saturated heterocycles. The zero-order valence-electron chi connectivity index (χ0n) is 19.8. The van der Waals surface area contributed by atoms with Crippen molar-refractivity contribution in [2.45, 2.75) is 124 Å². The predicted octanol–water partition coefficient (Wildman–Crippen LogP) is 7.24. The largest absolute Gasteiger partial charge is 0.466 e. The molecule has 4 nitrogen and oxygen atoms in total. The number of hydrogen-bond donors (Lipinski definition) is 0. The fraction of sp³-hybridized carbons (Fsp3) is 0.920. The maximum Gasteiger partial charge on any atom is 0.306 e. The molecule has 0 aromatic carbocycles. The van der Waals surface area contributed by atoms with Crippen LogP contribution in [0.25, 0.3) is 0 Å². The van der Waals surface area contributed by atoms with Crippen molar-refractivity contribution in [1.29, 1.82) is 0 Å². The van der Waals surface area contributed by atoms with Crippen LogP contribution in [0.2, 0.25) is 0 Å². The maximum atomic E-state index is 11.8. The van der Waals surface area contributed by atoms with Crippen molar-refractivity contribution in [2.24, 2.45) is 11.8 Å². The molecule has 0 amide bonds. The van der Waals surface area contributed by atoms with Crippen LogP contribution in [0, 0.1) is 11.8 Å². The molecule has 0 fully saturated rings. The van der Waals surface area contributed by atoms with Crippen molar-refractivity contribution in [1.82, 2.24) is 0 Å². The molecule has 0 radical (unpaired) electrons. The van der Waals surface area contributed by atoms with Gasteiger partial charge in [-0.3, -0.25) is 9.59 Å². The second kappa shape index (κ2) is 20.2. The molecule has 0 saturated carbocycles. The van der Waals surface area contributed by atoms with E-state index in [9.17, 15) is 9.59 Å². The molecule has 29 heavy (non-hydrogen) atoms. The van der Waals surface area contributed by atoms with E-state index in [1.807, 2.05) is 13.8 Å². The van der Waals surface area contributed by atoms with Crippen molar-refractivity contribution >= 4 is 11.9 Å². The SMILES string of the molecule is CCCOC(=O)CCCCCCCCCCCCC(CC(=O)OCCC)C(C)C. The highest BCUT2D eigenvalue weighted by molar-refractivity contribution is 5.69. The highest BCUT2D eigenvalue weighted by atomic mass is 16.5.